The Morgan fingerprint density at radius 1 is 1.09 bits per heavy atom. The molecule has 0 saturated carbocycles. The quantitative estimate of drug-likeness (QED) is 0.623. The van der Waals surface area contributed by atoms with E-state index in [2.05, 4.69) is 20.8 Å². The Morgan fingerprint density at radius 2 is 1.86 bits per heavy atom. The van der Waals surface area contributed by atoms with Gasteiger partial charge < -0.3 is 5.32 Å². The number of hydrazone groups is 1. The summed E-state index contributed by atoms with van der Waals surface area (Å²) < 4.78 is 0. The second kappa shape index (κ2) is 8.31. The van der Waals surface area contributed by atoms with Gasteiger partial charge in [-0.1, -0.05) is 24.3 Å². The Kier molecular flexibility index (Phi) is 5.80. The van der Waals surface area contributed by atoms with Crippen molar-refractivity contribution in [1.82, 2.24) is 15.7 Å². The zero-order valence-corrected chi connectivity index (χ0v) is 11.9. The number of aromatic nitrogens is 1. The molecule has 22 heavy (non-hydrogen) atoms. The van der Waals surface area contributed by atoms with Crippen LogP contribution in [0.3, 0.4) is 0 Å². The molecular weight excluding hydrogens is 280 g/mol. The first-order valence-corrected chi connectivity index (χ1v) is 6.82. The number of hydrogen-bond acceptors (Lipinski definition) is 4. The van der Waals surface area contributed by atoms with Gasteiger partial charge in [-0.15, -0.1) is 0 Å². The number of benzene rings is 1. The summed E-state index contributed by atoms with van der Waals surface area (Å²) >= 11 is 0. The van der Waals surface area contributed by atoms with Gasteiger partial charge in [0.1, 0.15) is 0 Å². The summed E-state index contributed by atoms with van der Waals surface area (Å²) in [6.07, 6.45) is 3.25. The lowest BCUT2D eigenvalue weighted by molar-refractivity contribution is -0.120. The predicted octanol–water partition coefficient (Wildman–Crippen LogP) is 1.35. The smallest absolute Gasteiger partial charge is 0.251 e. The van der Waals surface area contributed by atoms with Crippen molar-refractivity contribution >= 4 is 18.0 Å². The van der Waals surface area contributed by atoms with E-state index in [0.717, 1.165) is 0 Å². The Hall–Kier alpha value is -3.02. The highest BCUT2D eigenvalue weighted by Gasteiger charge is 2.05. The van der Waals surface area contributed by atoms with Gasteiger partial charge in [0.2, 0.25) is 5.91 Å². The first-order chi connectivity index (χ1) is 10.8. The minimum absolute atomic E-state index is 0.151. The fourth-order valence-electron chi connectivity index (χ4n) is 1.66. The molecule has 2 amide bonds. The number of nitrogens with one attached hydrogen (secondary N) is 2. The summed E-state index contributed by atoms with van der Waals surface area (Å²) in [5, 5.41) is 6.47. The predicted molar refractivity (Wildman–Crippen MR) is 83.4 cm³/mol. The Bertz CT molecular complexity index is 642. The van der Waals surface area contributed by atoms with Crippen molar-refractivity contribution in [2.75, 3.05) is 6.54 Å². The van der Waals surface area contributed by atoms with Gasteiger partial charge in [-0.2, -0.15) is 5.10 Å². The summed E-state index contributed by atoms with van der Waals surface area (Å²) in [7, 11) is 0. The molecule has 2 aromatic rings. The lowest BCUT2D eigenvalue weighted by Gasteiger charge is -2.04. The first kappa shape index (κ1) is 15.4. The lowest BCUT2D eigenvalue weighted by atomic mass is 10.2. The van der Waals surface area contributed by atoms with E-state index in [1.165, 1.54) is 6.21 Å². The van der Waals surface area contributed by atoms with Crippen molar-refractivity contribution in [1.29, 1.82) is 0 Å². The van der Waals surface area contributed by atoms with Crippen LogP contribution in [0.15, 0.2) is 59.8 Å². The van der Waals surface area contributed by atoms with Crippen LogP contribution in [0, 0.1) is 0 Å². The Morgan fingerprint density at radius 3 is 2.59 bits per heavy atom. The second-order valence-corrected chi connectivity index (χ2v) is 4.42. The van der Waals surface area contributed by atoms with Crippen molar-refractivity contribution in [3.8, 4) is 0 Å². The monoisotopic (exact) mass is 296 g/mol. The third-order valence-electron chi connectivity index (χ3n) is 2.75. The number of nitrogens with zero attached hydrogens (tertiary/aromatic N) is 2. The SMILES string of the molecule is O=C(CCNC(=O)c1ccccc1)N/N=C/c1ccccn1. The van der Waals surface area contributed by atoms with Gasteiger partial charge in [0.05, 0.1) is 11.9 Å². The van der Waals surface area contributed by atoms with Crippen molar-refractivity contribution in [2.24, 2.45) is 5.10 Å². The molecule has 0 aliphatic carbocycles. The normalized spacial score (nSPS) is 10.4. The number of rotatable bonds is 6. The van der Waals surface area contributed by atoms with E-state index >= 15 is 0 Å². The van der Waals surface area contributed by atoms with Gasteiger partial charge in [0, 0.05) is 24.7 Å². The first-order valence-electron chi connectivity index (χ1n) is 6.82. The van der Waals surface area contributed by atoms with Crippen molar-refractivity contribution in [3.05, 3.63) is 66.0 Å². The molecule has 2 N–H and O–H groups in total. The van der Waals surface area contributed by atoms with Crippen LogP contribution in [0.2, 0.25) is 0 Å². The molecule has 0 bridgehead atoms. The van der Waals surface area contributed by atoms with Crippen molar-refractivity contribution < 1.29 is 9.59 Å². The third kappa shape index (κ3) is 5.16. The van der Waals surface area contributed by atoms with Crippen LogP contribution in [0.1, 0.15) is 22.5 Å². The molecule has 6 heteroatoms. The highest BCUT2D eigenvalue weighted by Crippen LogP contribution is 1.97. The van der Waals surface area contributed by atoms with Gasteiger partial charge in [-0.25, -0.2) is 5.43 Å². The van der Waals surface area contributed by atoms with Crippen LogP contribution in [0.25, 0.3) is 0 Å². The number of hydrogen-bond donors (Lipinski definition) is 2. The average Bonchev–Trinajstić information content (AvgIpc) is 2.56. The standard InChI is InChI=1S/C16H16N4O2/c21-15(20-19-12-14-8-4-5-10-17-14)9-11-18-16(22)13-6-2-1-3-7-13/h1-8,10,12H,9,11H2,(H,18,22)(H,20,21)/b19-12+. The van der Waals surface area contributed by atoms with Crippen LogP contribution in [-0.4, -0.2) is 29.6 Å². The van der Waals surface area contributed by atoms with Crippen LogP contribution < -0.4 is 10.7 Å². The molecule has 0 aliphatic heterocycles. The minimum atomic E-state index is -0.277. The molecule has 1 aromatic heterocycles. The Balaban J connectivity index is 1.68. The van der Waals surface area contributed by atoms with Crippen LogP contribution in [-0.2, 0) is 4.79 Å². The van der Waals surface area contributed by atoms with Crippen molar-refractivity contribution in [2.45, 2.75) is 6.42 Å². The lowest BCUT2D eigenvalue weighted by Crippen LogP contribution is -2.28. The van der Waals surface area contributed by atoms with Gasteiger partial charge in [-0.05, 0) is 24.3 Å². The second-order valence-electron chi connectivity index (χ2n) is 4.42. The van der Waals surface area contributed by atoms with E-state index in [1.807, 2.05) is 12.1 Å². The van der Waals surface area contributed by atoms with Gasteiger partial charge in [0.15, 0.2) is 0 Å². The zero-order chi connectivity index (χ0) is 15.6. The van der Waals surface area contributed by atoms with Crippen LogP contribution in [0.5, 0.6) is 0 Å². The number of carbonyl (C=O) groups is 2. The largest absolute Gasteiger partial charge is 0.352 e. The summed E-state index contributed by atoms with van der Waals surface area (Å²) in [6, 6.07) is 14.2. The minimum Gasteiger partial charge on any atom is -0.352 e. The highest BCUT2D eigenvalue weighted by molar-refractivity contribution is 5.94. The topological polar surface area (TPSA) is 83.5 Å². The summed E-state index contributed by atoms with van der Waals surface area (Å²) in [4.78, 5) is 27.3. The molecular formula is C16H16N4O2. The van der Waals surface area contributed by atoms with E-state index in [4.69, 9.17) is 0 Å². The van der Waals surface area contributed by atoms with Crippen LogP contribution >= 0.6 is 0 Å². The molecule has 112 valence electrons. The van der Waals surface area contributed by atoms with E-state index < -0.39 is 0 Å². The summed E-state index contributed by atoms with van der Waals surface area (Å²) in [6.45, 7) is 0.249. The summed E-state index contributed by atoms with van der Waals surface area (Å²) in [5.74, 6) is -0.481. The fourth-order valence-corrected chi connectivity index (χ4v) is 1.66. The molecule has 0 radical (unpaired) electrons. The van der Waals surface area contributed by atoms with E-state index in [-0.39, 0.29) is 24.8 Å². The number of amides is 2. The number of pyridine rings is 1. The maximum atomic E-state index is 11.7. The molecule has 6 nitrogen and oxygen atoms in total. The van der Waals surface area contributed by atoms with Gasteiger partial charge in [0.25, 0.3) is 5.91 Å². The molecule has 0 aliphatic rings. The third-order valence-corrected chi connectivity index (χ3v) is 2.75. The van der Waals surface area contributed by atoms with E-state index in [0.29, 0.717) is 11.3 Å². The summed E-state index contributed by atoms with van der Waals surface area (Å²) in [5.41, 5.74) is 3.60. The molecule has 2 rings (SSSR count). The zero-order valence-electron chi connectivity index (χ0n) is 11.9. The molecule has 0 atom stereocenters. The molecule has 1 heterocycles. The van der Waals surface area contributed by atoms with E-state index in [1.54, 1.807) is 42.6 Å². The molecule has 0 spiro atoms. The molecule has 1 aromatic carbocycles. The van der Waals surface area contributed by atoms with Crippen molar-refractivity contribution in [3.63, 3.8) is 0 Å². The highest BCUT2D eigenvalue weighted by atomic mass is 16.2. The maximum Gasteiger partial charge on any atom is 0.251 e. The number of carbonyl (C=O) groups excluding carboxylic acids is 2. The molecule has 0 fully saturated rings. The van der Waals surface area contributed by atoms with Gasteiger partial charge in [-0.3, -0.25) is 14.6 Å². The fraction of sp³-hybridized carbons (Fsp3) is 0.125. The van der Waals surface area contributed by atoms with Gasteiger partial charge >= 0.3 is 0 Å². The average molecular weight is 296 g/mol. The molecule has 0 saturated heterocycles. The maximum absolute atomic E-state index is 11.7. The molecule has 0 unspecified atom stereocenters. The van der Waals surface area contributed by atoms with Crippen LogP contribution in [0.4, 0.5) is 0 Å². The Labute approximate surface area is 128 Å². The van der Waals surface area contributed by atoms with E-state index in [9.17, 15) is 9.59 Å².